The van der Waals surface area contributed by atoms with E-state index in [0.717, 1.165) is 70.6 Å². The van der Waals surface area contributed by atoms with Gasteiger partial charge in [0.15, 0.2) is 0 Å². The van der Waals surface area contributed by atoms with E-state index in [-0.39, 0.29) is 6.10 Å². The van der Waals surface area contributed by atoms with E-state index in [1.54, 1.807) is 13.4 Å². The molecule has 6 heteroatoms. The van der Waals surface area contributed by atoms with Gasteiger partial charge in [-0.1, -0.05) is 30.3 Å². The fourth-order valence-electron chi connectivity index (χ4n) is 4.02. The van der Waals surface area contributed by atoms with Crippen LogP contribution in [0.1, 0.15) is 30.9 Å². The average molecular weight is 386 g/mol. The minimum atomic E-state index is 0.0362. The summed E-state index contributed by atoms with van der Waals surface area (Å²) in [7, 11) is 1.69. The lowest BCUT2D eigenvalue weighted by atomic mass is 9.96. The van der Waals surface area contributed by atoms with Crippen LogP contribution in [-0.2, 0) is 4.74 Å². The molecule has 3 heterocycles. The van der Waals surface area contributed by atoms with Crippen molar-refractivity contribution in [2.45, 2.75) is 25.4 Å². The van der Waals surface area contributed by atoms with Crippen LogP contribution in [0.4, 0.5) is 0 Å². The predicted octanol–water partition coefficient (Wildman–Crippen LogP) is 4.94. The van der Waals surface area contributed by atoms with Gasteiger partial charge in [-0.15, -0.1) is 0 Å². The topological polar surface area (TPSA) is 72.9 Å². The number of rotatable bonds is 4. The zero-order chi connectivity index (χ0) is 19.6. The number of aromatic nitrogens is 4. The standard InChI is InChI=1S/C23H22N4O2/c1-28-21-12-19-16(11-17(21)20-9-5-6-10-29-20)23(25-14-24-19)18-13-26-27-22(18)15-7-3-2-4-8-15/h2-4,7-8,11-14,20H,5-6,9-10H2,1H3,(H,26,27). The van der Waals surface area contributed by atoms with Gasteiger partial charge in [0, 0.05) is 40.9 Å². The van der Waals surface area contributed by atoms with Gasteiger partial charge in [0.1, 0.15) is 17.8 Å². The van der Waals surface area contributed by atoms with Crippen molar-refractivity contribution in [3.8, 4) is 28.3 Å². The molecule has 1 N–H and O–H groups in total. The second-order valence-electron chi connectivity index (χ2n) is 7.20. The van der Waals surface area contributed by atoms with E-state index < -0.39 is 0 Å². The van der Waals surface area contributed by atoms with E-state index in [0.29, 0.717) is 0 Å². The molecule has 1 aliphatic rings. The van der Waals surface area contributed by atoms with Gasteiger partial charge in [0.25, 0.3) is 0 Å². The predicted molar refractivity (Wildman–Crippen MR) is 112 cm³/mol. The van der Waals surface area contributed by atoms with Crippen molar-refractivity contribution in [2.24, 2.45) is 0 Å². The Morgan fingerprint density at radius 3 is 2.76 bits per heavy atom. The first kappa shape index (κ1) is 17.8. The van der Waals surface area contributed by atoms with Crippen LogP contribution in [0, 0.1) is 0 Å². The molecule has 4 aromatic rings. The Bertz CT molecular complexity index is 1130. The van der Waals surface area contributed by atoms with Crippen LogP contribution < -0.4 is 4.74 Å². The Morgan fingerprint density at radius 2 is 1.97 bits per heavy atom. The highest BCUT2D eigenvalue weighted by Gasteiger charge is 2.23. The molecule has 6 nitrogen and oxygen atoms in total. The number of nitrogens with one attached hydrogen (secondary N) is 1. The highest BCUT2D eigenvalue weighted by Crippen LogP contribution is 2.39. The summed E-state index contributed by atoms with van der Waals surface area (Å²) in [6, 6.07) is 14.2. The average Bonchev–Trinajstić information content (AvgIpc) is 3.28. The fourth-order valence-corrected chi connectivity index (χ4v) is 4.02. The molecular formula is C23H22N4O2. The Hall–Kier alpha value is -3.25. The molecule has 1 saturated heterocycles. The van der Waals surface area contributed by atoms with Crippen molar-refractivity contribution < 1.29 is 9.47 Å². The molecule has 0 radical (unpaired) electrons. The second kappa shape index (κ2) is 7.64. The van der Waals surface area contributed by atoms with Gasteiger partial charge < -0.3 is 9.47 Å². The molecule has 0 saturated carbocycles. The third-order valence-corrected chi connectivity index (χ3v) is 5.46. The van der Waals surface area contributed by atoms with Crippen molar-refractivity contribution in [2.75, 3.05) is 13.7 Å². The van der Waals surface area contributed by atoms with Gasteiger partial charge in [0.05, 0.1) is 24.4 Å². The van der Waals surface area contributed by atoms with Gasteiger partial charge >= 0.3 is 0 Å². The van der Waals surface area contributed by atoms with Crippen molar-refractivity contribution in [3.63, 3.8) is 0 Å². The van der Waals surface area contributed by atoms with E-state index in [9.17, 15) is 0 Å². The van der Waals surface area contributed by atoms with Crippen molar-refractivity contribution in [1.82, 2.24) is 20.2 Å². The molecule has 0 spiro atoms. The molecule has 1 fully saturated rings. The third kappa shape index (κ3) is 3.25. The smallest absolute Gasteiger partial charge is 0.126 e. The Morgan fingerprint density at radius 1 is 1.07 bits per heavy atom. The lowest BCUT2D eigenvalue weighted by Gasteiger charge is -2.25. The summed E-state index contributed by atoms with van der Waals surface area (Å²) in [5.74, 6) is 0.810. The first-order valence-corrected chi connectivity index (χ1v) is 9.89. The summed E-state index contributed by atoms with van der Waals surface area (Å²) in [6.07, 6.45) is 6.78. The molecule has 0 bridgehead atoms. The lowest BCUT2D eigenvalue weighted by molar-refractivity contribution is 0.0137. The SMILES string of the molecule is COc1cc2ncnc(-c3c[nH]nc3-c3ccccc3)c2cc1C1CCCCO1. The molecular weight excluding hydrogens is 364 g/mol. The highest BCUT2D eigenvalue weighted by molar-refractivity contribution is 5.96. The van der Waals surface area contributed by atoms with Crippen LogP contribution in [0.2, 0.25) is 0 Å². The summed E-state index contributed by atoms with van der Waals surface area (Å²) in [5.41, 5.74) is 5.61. The molecule has 2 aromatic carbocycles. The monoisotopic (exact) mass is 386 g/mol. The fraction of sp³-hybridized carbons (Fsp3) is 0.261. The van der Waals surface area contributed by atoms with Crippen LogP contribution in [0.3, 0.4) is 0 Å². The summed E-state index contributed by atoms with van der Waals surface area (Å²) >= 11 is 0. The van der Waals surface area contributed by atoms with Gasteiger partial charge in [-0.2, -0.15) is 5.10 Å². The summed E-state index contributed by atoms with van der Waals surface area (Å²) < 4.78 is 11.7. The van der Waals surface area contributed by atoms with E-state index in [4.69, 9.17) is 9.47 Å². The largest absolute Gasteiger partial charge is 0.496 e. The minimum Gasteiger partial charge on any atom is -0.496 e. The molecule has 146 valence electrons. The number of hydrogen-bond acceptors (Lipinski definition) is 5. The van der Waals surface area contributed by atoms with Gasteiger partial charge in [-0.05, 0) is 25.3 Å². The molecule has 0 amide bonds. The van der Waals surface area contributed by atoms with Crippen LogP contribution in [0.5, 0.6) is 5.75 Å². The molecule has 29 heavy (non-hydrogen) atoms. The normalized spacial score (nSPS) is 16.8. The first-order chi connectivity index (χ1) is 14.3. The van der Waals surface area contributed by atoms with Gasteiger partial charge in [0.2, 0.25) is 0 Å². The molecule has 1 aliphatic heterocycles. The van der Waals surface area contributed by atoms with Gasteiger partial charge in [-0.25, -0.2) is 9.97 Å². The Labute approximate surface area is 168 Å². The molecule has 0 aliphatic carbocycles. The Kier molecular flexibility index (Phi) is 4.69. The highest BCUT2D eigenvalue weighted by atomic mass is 16.5. The first-order valence-electron chi connectivity index (χ1n) is 9.89. The number of fused-ring (bicyclic) bond motifs is 1. The summed E-state index contributed by atoms with van der Waals surface area (Å²) in [4.78, 5) is 9.11. The maximum absolute atomic E-state index is 6.04. The molecule has 5 rings (SSSR count). The van der Waals surface area contributed by atoms with Crippen LogP contribution in [0.25, 0.3) is 33.4 Å². The maximum atomic E-state index is 6.04. The number of aromatic amines is 1. The van der Waals surface area contributed by atoms with Crippen LogP contribution >= 0.6 is 0 Å². The zero-order valence-corrected chi connectivity index (χ0v) is 16.3. The lowest BCUT2D eigenvalue weighted by Crippen LogP contribution is -2.12. The molecule has 2 aromatic heterocycles. The van der Waals surface area contributed by atoms with E-state index >= 15 is 0 Å². The molecule has 1 atom stereocenters. The summed E-state index contributed by atoms with van der Waals surface area (Å²) in [5, 5.41) is 8.45. The summed E-state index contributed by atoms with van der Waals surface area (Å²) in [6.45, 7) is 0.782. The van der Waals surface area contributed by atoms with E-state index in [2.05, 4.69) is 26.2 Å². The minimum absolute atomic E-state index is 0.0362. The second-order valence-corrected chi connectivity index (χ2v) is 7.20. The van der Waals surface area contributed by atoms with Gasteiger partial charge in [-0.3, -0.25) is 5.10 Å². The Balaban J connectivity index is 1.69. The number of nitrogens with zero attached hydrogens (tertiary/aromatic N) is 3. The van der Waals surface area contributed by atoms with Crippen molar-refractivity contribution >= 4 is 10.9 Å². The number of H-pyrrole nitrogens is 1. The number of methoxy groups -OCH3 is 1. The van der Waals surface area contributed by atoms with E-state index in [1.165, 1.54) is 0 Å². The van der Waals surface area contributed by atoms with E-state index in [1.807, 2.05) is 42.6 Å². The number of ether oxygens (including phenoxy) is 2. The van der Waals surface area contributed by atoms with Crippen molar-refractivity contribution in [1.29, 1.82) is 0 Å². The van der Waals surface area contributed by atoms with Crippen LogP contribution in [0.15, 0.2) is 55.0 Å². The molecule has 1 unspecified atom stereocenters. The quantitative estimate of drug-likeness (QED) is 0.538. The van der Waals surface area contributed by atoms with Crippen LogP contribution in [-0.4, -0.2) is 33.9 Å². The maximum Gasteiger partial charge on any atom is 0.126 e. The third-order valence-electron chi connectivity index (χ3n) is 5.46. The zero-order valence-electron chi connectivity index (χ0n) is 16.3. The van der Waals surface area contributed by atoms with Crippen molar-refractivity contribution in [3.05, 3.63) is 60.6 Å². The number of benzene rings is 2. The number of hydrogen-bond donors (Lipinski definition) is 1.